The molecule has 4 heteroatoms. The summed E-state index contributed by atoms with van der Waals surface area (Å²) in [5.74, 6) is 2.32. The Labute approximate surface area is 167 Å². The third kappa shape index (κ3) is 3.09. The minimum Gasteiger partial charge on any atom is -0.370 e. The Bertz CT molecular complexity index is 850. The van der Waals surface area contributed by atoms with Crippen LogP contribution in [0.2, 0.25) is 0 Å². The van der Waals surface area contributed by atoms with Crippen molar-refractivity contribution in [3.63, 3.8) is 0 Å². The molecule has 1 saturated carbocycles. The number of nitrogens with one attached hydrogen (secondary N) is 1. The largest absolute Gasteiger partial charge is 0.370 e. The van der Waals surface area contributed by atoms with Gasteiger partial charge in [-0.1, -0.05) is 43.2 Å². The molecule has 3 aliphatic rings. The smallest absolute Gasteiger partial charge is 0.254 e. The van der Waals surface area contributed by atoms with Crippen LogP contribution in [0.15, 0.2) is 42.6 Å². The van der Waals surface area contributed by atoms with E-state index in [1.54, 1.807) is 6.20 Å². The second kappa shape index (κ2) is 7.57. The third-order valence-corrected chi connectivity index (χ3v) is 7.05. The highest BCUT2D eigenvalue weighted by molar-refractivity contribution is 5.97. The maximum atomic E-state index is 13.6. The van der Waals surface area contributed by atoms with Crippen LogP contribution in [0, 0.1) is 5.92 Å². The topological polar surface area (TPSA) is 45.2 Å². The average molecular weight is 376 g/mol. The zero-order chi connectivity index (χ0) is 18.9. The van der Waals surface area contributed by atoms with E-state index >= 15 is 0 Å². The van der Waals surface area contributed by atoms with Crippen molar-refractivity contribution in [3.8, 4) is 0 Å². The van der Waals surface area contributed by atoms with Crippen LogP contribution in [0.25, 0.3) is 0 Å². The fourth-order valence-corrected chi connectivity index (χ4v) is 5.75. The number of benzene rings is 1. The van der Waals surface area contributed by atoms with E-state index in [0.717, 1.165) is 55.7 Å². The molecule has 0 unspecified atom stereocenters. The monoisotopic (exact) mass is 375 g/mol. The first kappa shape index (κ1) is 17.7. The van der Waals surface area contributed by atoms with Crippen LogP contribution < -0.4 is 5.32 Å². The number of hydrogen-bond acceptors (Lipinski definition) is 3. The molecule has 4 nitrogen and oxygen atoms in total. The Morgan fingerprint density at radius 1 is 1.04 bits per heavy atom. The van der Waals surface area contributed by atoms with Gasteiger partial charge in [0.1, 0.15) is 5.82 Å². The predicted molar refractivity (Wildman–Crippen MR) is 112 cm³/mol. The molecule has 0 bridgehead atoms. The maximum absolute atomic E-state index is 13.6. The normalized spacial score (nSPS) is 26.7. The van der Waals surface area contributed by atoms with Crippen molar-refractivity contribution in [2.75, 3.05) is 18.4 Å². The van der Waals surface area contributed by atoms with E-state index in [0.29, 0.717) is 17.9 Å². The molecule has 2 aromatic rings. The van der Waals surface area contributed by atoms with Gasteiger partial charge in [-0.25, -0.2) is 4.98 Å². The number of pyridine rings is 1. The van der Waals surface area contributed by atoms with E-state index in [1.165, 1.54) is 24.8 Å². The fraction of sp³-hybridized carbons (Fsp3) is 0.500. The van der Waals surface area contributed by atoms with E-state index in [9.17, 15) is 4.79 Å². The highest BCUT2D eigenvalue weighted by Crippen LogP contribution is 2.44. The van der Waals surface area contributed by atoms with Crippen molar-refractivity contribution in [2.24, 2.45) is 5.92 Å². The van der Waals surface area contributed by atoms with E-state index in [-0.39, 0.29) is 5.91 Å². The second-order valence-electron chi connectivity index (χ2n) is 8.54. The molecule has 0 spiro atoms. The molecule has 3 atom stereocenters. The van der Waals surface area contributed by atoms with E-state index in [2.05, 4.69) is 45.5 Å². The van der Waals surface area contributed by atoms with Gasteiger partial charge in [-0.05, 0) is 55.6 Å². The number of aromatic nitrogens is 1. The van der Waals surface area contributed by atoms with Gasteiger partial charge >= 0.3 is 0 Å². The number of nitrogens with zero attached hydrogens (tertiary/aromatic N) is 2. The molecule has 1 aromatic carbocycles. The van der Waals surface area contributed by atoms with Crippen LogP contribution in [0.4, 0.5) is 5.82 Å². The van der Waals surface area contributed by atoms with Crippen LogP contribution in [0.1, 0.15) is 65.9 Å². The summed E-state index contributed by atoms with van der Waals surface area (Å²) in [5, 5.41) is 3.36. The summed E-state index contributed by atoms with van der Waals surface area (Å²) in [6, 6.07) is 13.3. The lowest BCUT2D eigenvalue weighted by Crippen LogP contribution is -2.52. The van der Waals surface area contributed by atoms with Crippen molar-refractivity contribution >= 4 is 11.7 Å². The molecule has 1 amide bonds. The first-order valence-corrected chi connectivity index (χ1v) is 10.9. The number of likely N-dealkylation sites (tertiary alicyclic amines) is 1. The van der Waals surface area contributed by atoms with E-state index in [4.69, 9.17) is 0 Å². The molecule has 2 fully saturated rings. The average Bonchev–Trinajstić information content (AvgIpc) is 2.78. The molecule has 5 rings (SSSR count). The van der Waals surface area contributed by atoms with Gasteiger partial charge in [0, 0.05) is 36.5 Å². The minimum atomic E-state index is 0.228. The third-order valence-electron chi connectivity index (χ3n) is 7.05. The Balaban J connectivity index is 1.44. The standard InChI is InChI=1S/C24H29N3O/c28-24(21-12-15-26-23-20(21)10-6-14-25-23)27-16-13-18(17-7-2-1-3-8-17)19-9-4-5-11-22(19)27/h1-3,7-8,12,15,18-19,22H,4-6,9-11,13-14,16H2,(H,25,26)/t18-,19-,22-/m1/s1. The van der Waals surface area contributed by atoms with Crippen LogP contribution >= 0.6 is 0 Å². The molecular weight excluding hydrogens is 346 g/mol. The number of piperidine rings is 1. The zero-order valence-electron chi connectivity index (χ0n) is 16.4. The van der Waals surface area contributed by atoms with E-state index < -0.39 is 0 Å². The number of fused-ring (bicyclic) bond motifs is 2. The Morgan fingerprint density at radius 2 is 1.89 bits per heavy atom. The van der Waals surface area contributed by atoms with Gasteiger partial charge in [0.2, 0.25) is 0 Å². The molecular formula is C24H29N3O. The van der Waals surface area contributed by atoms with Crippen molar-refractivity contribution in [1.82, 2.24) is 9.88 Å². The fourth-order valence-electron chi connectivity index (χ4n) is 5.75. The quantitative estimate of drug-likeness (QED) is 0.832. The number of hydrogen-bond donors (Lipinski definition) is 1. The molecule has 0 radical (unpaired) electrons. The lowest BCUT2D eigenvalue weighted by atomic mass is 9.69. The molecule has 2 aliphatic heterocycles. The van der Waals surface area contributed by atoms with Gasteiger partial charge in [-0.15, -0.1) is 0 Å². The van der Waals surface area contributed by atoms with Crippen molar-refractivity contribution in [3.05, 3.63) is 59.3 Å². The summed E-state index contributed by atoms with van der Waals surface area (Å²) in [6.45, 7) is 1.81. The van der Waals surface area contributed by atoms with Crippen LogP contribution in [-0.4, -0.2) is 34.9 Å². The Hall–Kier alpha value is -2.36. The SMILES string of the molecule is O=C(c1ccnc2c1CCCN2)N1CC[C@H](c2ccccc2)[C@H]2CCCC[C@H]21. The number of anilines is 1. The summed E-state index contributed by atoms with van der Waals surface area (Å²) in [4.78, 5) is 20.3. The van der Waals surface area contributed by atoms with Gasteiger partial charge < -0.3 is 10.2 Å². The highest BCUT2D eigenvalue weighted by atomic mass is 16.2. The Morgan fingerprint density at radius 3 is 2.79 bits per heavy atom. The number of amides is 1. The molecule has 28 heavy (non-hydrogen) atoms. The van der Waals surface area contributed by atoms with Gasteiger partial charge in [0.25, 0.3) is 5.91 Å². The van der Waals surface area contributed by atoms with Gasteiger partial charge in [0.05, 0.1) is 0 Å². The summed E-state index contributed by atoms with van der Waals surface area (Å²) >= 11 is 0. The number of carbonyl (C=O) groups excluding carboxylic acids is 1. The number of rotatable bonds is 2. The lowest BCUT2D eigenvalue weighted by Gasteiger charge is -2.48. The summed E-state index contributed by atoms with van der Waals surface area (Å²) in [7, 11) is 0. The first-order valence-electron chi connectivity index (χ1n) is 10.9. The molecule has 1 aromatic heterocycles. The highest BCUT2D eigenvalue weighted by Gasteiger charge is 2.42. The summed E-state index contributed by atoms with van der Waals surface area (Å²) < 4.78 is 0. The summed E-state index contributed by atoms with van der Waals surface area (Å²) in [6.07, 6.45) is 9.80. The van der Waals surface area contributed by atoms with Gasteiger partial charge in [-0.3, -0.25) is 4.79 Å². The zero-order valence-corrected chi connectivity index (χ0v) is 16.4. The van der Waals surface area contributed by atoms with Crippen molar-refractivity contribution in [2.45, 2.75) is 56.9 Å². The van der Waals surface area contributed by atoms with Gasteiger partial charge in [0.15, 0.2) is 0 Å². The molecule has 1 saturated heterocycles. The van der Waals surface area contributed by atoms with Crippen LogP contribution in [-0.2, 0) is 6.42 Å². The minimum absolute atomic E-state index is 0.228. The molecule has 1 N–H and O–H groups in total. The molecule has 146 valence electrons. The van der Waals surface area contributed by atoms with E-state index in [1.807, 2.05) is 6.07 Å². The van der Waals surface area contributed by atoms with Crippen molar-refractivity contribution < 1.29 is 4.79 Å². The second-order valence-corrected chi connectivity index (χ2v) is 8.54. The van der Waals surface area contributed by atoms with Crippen LogP contribution in [0.3, 0.4) is 0 Å². The van der Waals surface area contributed by atoms with Crippen molar-refractivity contribution in [1.29, 1.82) is 0 Å². The molecule has 1 aliphatic carbocycles. The first-order chi connectivity index (χ1) is 13.8. The molecule has 3 heterocycles. The number of carbonyl (C=O) groups is 1. The maximum Gasteiger partial charge on any atom is 0.254 e. The van der Waals surface area contributed by atoms with Crippen LogP contribution in [0.5, 0.6) is 0 Å². The summed E-state index contributed by atoms with van der Waals surface area (Å²) in [5.41, 5.74) is 3.45. The Kier molecular flexibility index (Phi) is 4.79. The predicted octanol–water partition coefficient (Wildman–Crippen LogP) is 4.63. The lowest BCUT2D eigenvalue weighted by molar-refractivity contribution is 0.0318. The van der Waals surface area contributed by atoms with Gasteiger partial charge in [-0.2, -0.15) is 0 Å².